The SMILES string of the molecule is CC(C)C(NS(=O)(=O)c1cc(Br)cc(C#N)c1)C(=O)O. The molecule has 1 aromatic rings. The summed E-state index contributed by atoms with van der Waals surface area (Å²) in [6.07, 6.45) is 0. The topological polar surface area (TPSA) is 107 Å². The lowest BCUT2D eigenvalue weighted by Crippen LogP contribution is -2.44. The molecule has 8 heteroatoms. The number of halogens is 1. The molecule has 0 spiro atoms. The Hall–Kier alpha value is -1.43. The van der Waals surface area contributed by atoms with Crippen LogP contribution in [0.15, 0.2) is 27.6 Å². The highest BCUT2D eigenvalue weighted by atomic mass is 79.9. The van der Waals surface area contributed by atoms with Gasteiger partial charge in [0.15, 0.2) is 0 Å². The van der Waals surface area contributed by atoms with E-state index in [1.165, 1.54) is 18.2 Å². The van der Waals surface area contributed by atoms with E-state index in [0.717, 1.165) is 0 Å². The molecule has 1 unspecified atom stereocenters. The molecule has 1 aromatic carbocycles. The average Bonchev–Trinajstić information content (AvgIpc) is 2.34. The third-order valence-electron chi connectivity index (χ3n) is 2.53. The van der Waals surface area contributed by atoms with Gasteiger partial charge in [-0.15, -0.1) is 0 Å². The molecule has 0 aliphatic rings. The van der Waals surface area contributed by atoms with Crippen molar-refractivity contribution in [3.05, 3.63) is 28.2 Å². The fourth-order valence-electron chi connectivity index (χ4n) is 1.49. The molecule has 0 aliphatic carbocycles. The lowest BCUT2D eigenvalue weighted by molar-refractivity contribution is -0.140. The number of rotatable bonds is 5. The van der Waals surface area contributed by atoms with E-state index in [9.17, 15) is 13.2 Å². The van der Waals surface area contributed by atoms with E-state index >= 15 is 0 Å². The van der Waals surface area contributed by atoms with Crippen molar-refractivity contribution in [1.82, 2.24) is 4.72 Å². The van der Waals surface area contributed by atoms with Gasteiger partial charge in [-0.25, -0.2) is 8.42 Å². The molecule has 0 saturated heterocycles. The van der Waals surface area contributed by atoms with Crippen molar-refractivity contribution in [3.8, 4) is 6.07 Å². The minimum absolute atomic E-state index is 0.157. The van der Waals surface area contributed by atoms with Gasteiger partial charge in [0.25, 0.3) is 0 Å². The van der Waals surface area contributed by atoms with Crippen LogP contribution in [-0.4, -0.2) is 25.5 Å². The number of sulfonamides is 1. The van der Waals surface area contributed by atoms with E-state index in [0.29, 0.717) is 4.47 Å². The number of aliphatic carboxylic acids is 1. The second-order valence-corrected chi connectivity index (χ2v) is 7.10. The van der Waals surface area contributed by atoms with Crippen LogP contribution in [0.4, 0.5) is 0 Å². The molecular formula is C12H13BrN2O4S. The molecule has 0 aromatic heterocycles. The highest BCUT2D eigenvalue weighted by Gasteiger charge is 2.28. The fraction of sp³-hybridized carbons (Fsp3) is 0.333. The third-order valence-corrected chi connectivity index (χ3v) is 4.40. The Kier molecular flexibility index (Phi) is 5.28. The summed E-state index contributed by atoms with van der Waals surface area (Å²) in [7, 11) is -4.02. The minimum atomic E-state index is -4.02. The maximum atomic E-state index is 12.2. The molecule has 0 bridgehead atoms. The number of carboxylic acid groups (broad SMARTS) is 1. The maximum absolute atomic E-state index is 12.2. The number of nitrogens with one attached hydrogen (secondary N) is 1. The zero-order valence-corrected chi connectivity index (χ0v) is 13.2. The summed E-state index contributed by atoms with van der Waals surface area (Å²) in [4.78, 5) is 10.9. The summed E-state index contributed by atoms with van der Waals surface area (Å²) in [6.45, 7) is 3.20. The molecular weight excluding hydrogens is 348 g/mol. The van der Waals surface area contributed by atoms with Crippen LogP contribution in [0.5, 0.6) is 0 Å². The van der Waals surface area contributed by atoms with Gasteiger partial charge in [-0.1, -0.05) is 29.8 Å². The molecule has 0 fully saturated rings. The number of benzene rings is 1. The van der Waals surface area contributed by atoms with E-state index in [1.807, 2.05) is 6.07 Å². The molecule has 20 heavy (non-hydrogen) atoms. The van der Waals surface area contributed by atoms with E-state index in [2.05, 4.69) is 20.7 Å². The molecule has 0 amide bonds. The normalized spacial score (nSPS) is 12.9. The van der Waals surface area contributed by atoms with E-state index in [-0.39, 0.29) is 10.5 Å². The Morgan fingerprint density at radius 1 is 1.40 bits per heavy atom. The molecule has 6 nitrogen and oxygen atoms in total. The lowest BCUT2D eigenvalue weighted by atomic mass is 10.1. The van der Waals surface area contributed by atoms with Crippen LogP contribution in [0.3, 0.4) is 0 Å². The number of carboxylic acids is 1. The molecule has 108 valence electrons. The standard InChI is InChI=1S/C12H13BrN2O4S/c1-7(2)11(12(16)17)15-20(18,19)10-4-8(6-14)3-9(13)5-10/h3-5,7,11,15H,1-2H3,(H,16,17). The molecule has 1 rings (SSSR count). The Morgan fingerprint density at radius 2 is 2.00 bits per heavy atom. The molecule has 0 radical (unpaired) electrons. The smallest absolute Gasteiger partial charge is 0.322 e. The summed E-state index contributed by atoms with van der Waals surface area (Å²) in [5.74, 6) is -1.66. The van der Waals surface area contributed by atoms with E-state index < -0.39 is 28.0 Å². The lowest BCUT2D eigenvalue weighted by Gasteiger charge is -2.18. The van der Waals surface area contributed by atoms with Crippen molar-refractivity contribution in [3.63, 3.8) is 0 Å². The first kappa shape index (κ1) is 16.6. The second-order valence-electron chi connectivity index (χ2n) is 4.47. The monoisotopic (exact) mass is 360 g/mol. The number of carbonyl (C=O) groups is 1. The van der Waals surface area contributed by atoms with Gasteiger partial charge in [-0.2, -0.15) is 9.98 Å². The predicted octanol–water partition coefficient (Wildman–Crippen LogP) is 1.71. The average molecular weight is 361 g/mol. The molecule has 0 saturated carbocycles. The van der Waals surface area contributed by atoms with Gasteiger partial charge >= 0.3 is 5.97 Å². The van der Waals surface area contributed by atoms with Crippen LogP contribution >= 0.6 is 15.9 Å². The predicted molar refractivity (Wildman–Crippen MR) is 75.4 cm³/mol. The third kappa shape index (κ3) is 4.03. The van der Waals surface area contributed by atoms with Gasteiger partial charge in [-0.3, -0.25) is 4.79 Å². The Morgan fingerprint density at radius 3 is 2.45 bits per heavy atom. The zero-order valence-electron chi connectivity index (χ0n) is 10.8. The van der Waals surface area contributed by atoms with Crippen LogP contribution in [0.25, 0.3) is 0 Å². The van der Waals surface area contributed by atoms with Crippen LogP contribution < -0.4 is 4.72 Å². The zero-order chi connectivity index (χ0) is 15.5. The Balaban J connectivity index is 3.21. The van der Waals surface area contributed by atoms with Crippen molar-refractivity contribution >= 4 is 31.9 Å². The number of nitrogens with zero attached hydrogens (tertiary/aromatic N) is 1. The maximum Gasteiger partial charge on any atom is 0.322 e. The van der Waals surface area contributed by atoms with Gasteiger partial charge in [0.05, 0.1) is 16.5 Å². The highest BCUT2D eigenvalue weighted by molar-refractivity contribution is 9.10. The van der Waals surface area contributed by atoms with Gasteiger partial charge in [0.2, 0.25) is 10.0 Å². The Labute approximate surface area is 125 Å². The second kappa shape index (κ2) is 6.35. The van der Waals surface area contributed by atoms with Crippen molar-refractivity contribution < 1.29 is 18.3 Å². The summed E-state index contributed by atoms with van der Waals surface area (Å²) in [6, 6.07) is 4.57. The van der Waals surface area contributed by atoms with E-state index in [1.54, 1.807) is 13.8 Å². The first-order chi connectivity index (χ1) is 9.17. The molecule has 1 atom stereocenters. The van der Waals surface area contributed by atoms with Crippen molar-refractivity contribution in [2.75, 3.05) is 0 Å². The first-order valence-electron chi connectivity index (χ1n) is 5.63. The van der Waals surface area contributed by atoms with Gasteiger partial charge in [-0.05, 0) is 24.1 Å². The minimum Gasteiger partial charge on any atom is -0.480 e. The number of nitriles is 1. The highest BCUT2D eigenvalue weighted by Crippen LogP contribution is 2.20. The van der Waals surface area contributed by atoms with Gasteiger partial charge < -0.3 is 5.11 Å². The van der Waals surface area contributed by atoms with Crippen LogP contribution in [0.2, 0.25) is 0 Å². The molecule has 0 aliphatic heterocycles. The van der Waals surface area contributed by atoms with Crippen LogP contribution in [0, 0.1) is 17.2 Å². The van der Waals surface area contributed by atoms with Crippen molar-refractivity contribution in [2.24, 2.45) is 5.92 Å². The summed E-state index contributed by atoms with van der Waals surface area (Å²) >= 11 is 3.11. The number of hydrogen-bond acceptors (Lipinski definition) is 4. The molecule has 0 heterocycles. The Bertz CT molecular complexity index is 665. The molecule has 2 N–H and O–H groups in total. The fourth-order valence-corrected chi connectivity index (χ4v) is 3.54. The van der Waals surface area contributed by atoms with Crippen LogP contribution in [0.1, 0.15) is 19.4 Å². The quantitative estimate of drug-likeness (QED) is 0.830. The van der Waals surface area contributed by atoms with Crippen LogP contribution in [-0.2, 0) is 14.8 Å². The van der Waals surface area contributed by atoms with Crippen molar-refractivity contribution in [2.45, 2.75) is 24.8 Å². The van der Waals surface area contributed by atoms with Crippen molar-refractivity contribution in [1.29, 1.82) is 5.26 Å². The first-order valence-corrected chi connectivity index (χ1v) is 7.91. The summed E-state index contributed by atoms with van der Waals surface area (Å²) in [5.41, 5.74) is 0.163. The summed E-state index contributed by atoms with van der Waals surface area (Å²) < 4.78 is 26.9. The summed E-state index contributed by atoms with van der Waals surface area (Å²) in [5, 5.41) is 17.9. The van der Waals surface area contributed by atoms with Gasteiger partial charge in [0, 0.05) is 4.47 Å². The van der Waals surface area contributed by atoms with Gasteiger partial charge in [0.1, 0.15) is 6.04 Å². The number of hydrogen-bond donors (Lipinski definition) is 2. The van der Waals surface area contributed by atoms with E-state index in [4.69, 9.17) is 10.4 Å². The largest absolute Gasteiger partial charge is 0.480 e.